The normalized spacial score (nSPS) is 11.6. The van der Waals surface area contributed by atoms with Crippen LogP contribution in [0.4, 0.5) is 0 Å². The lowest BCUT2D eigenvalue weighted by molar-refractivity contribution is 1.18. The predicted octanol–water partition coefficient (Wildman–Crippen LogP) is 6.11. The summed E-state index contributed by atoms with van der Waals surface area (Å²) in [5, 5.41) is 3.22. The molecule has 0 N–H and O–H groups in total. The molecular weight excluding hydrogens is 752 g/mol. The molecule has 2 heterocycles. The number of hydrogen-bond donors (Lipinski definition) is 0. The summed E-state index contributed by atoms with van der Waals surface area (Å²) in [5.74, 6) is 0. The number of nitrogens with zero attached hydrogens (tertiary/aromatic N) is 2. The first-order valence-corrected chi connectivity index (χ1v) is 20.7. The van der Waals surface area contributed by atoms with Gasteiger partial charge in [-0.05, 0) is 98.4 Å². The van der Waals surface area contributed by atoms with Gasteiger partial charge in [-0.2, -0.15) is 0 Å². The Morgan fingerprint density at radius 3 is 1.29 bits per heavy atom. The molecule has 0 atom stereocenters. The summed E-state index contributed by atoms with van der Waals surface area (Å²) in [6.45, 7) is 0. The van der Waals surface area contributed by atoms with Crippen molar-refractivity contribution in [1.82, 2.24) is 9.13 Å². The molecule has 9 aromatic carbocycles. The zero-order valence-electron chi connectivity index (χ0n) is 34.2. The molecular formula is C54H29B7N2. The molecule has 9 heteroatoms. The van der Waals surface area contributed by atoms with E-state index in [1.807, 2.05) is 59.2 Å². The first-order valence-electron chi connectivity index (χ1n) is 20.7. The lowest BCUT2D eigenvalue weighted by atomic mass is 9.64. The SMILES string of the molecule is [B]c1c([B])c([B])c2c(c1[B])c1c([B])c(-c3ccc4c(c3)c3cc(-c5ccccc5)ccc3n4-c3cccc(-c4ccccc4)c3)c([B])c([B])c1n2-c1ccc(-c2ccccc2)cc1. The minimum Gasteiger partial charge on any atom is -0.311 e. The Hall–Kier alpha value is -6.97. The van der Waals surface area contributed by atoms with Crippen LogP contribution in [0, 0.1) is 0 Å². The Balaban J connectivity index is 1.17. The third-order valence-corrected chi connectivity index (χ3v) is 12.5. The third-order valence-electron chi connectivity index (χ3n) is 12.5. The zero-order valence-corrected chi connectivity index (χ0v) is 34.2. The lowest BCUT2D eigenvalue weighted by Crippen LogP contribution is -2.48. The quantitative estimate of drug-likeness (QED) is 0.181. The van der Waals surface area contributed by atoms with Crippen LogP contribution in [0.15, 0.2) is 176 Å². The summed E-state index contributed by atoms with van der Waals surface area (Å²) in [7, 11) is 48.6. The molecule has 276 valence electrons. The lowest BCUT2D eigenvalue weighted by Gasteiger charge is -2.19. The molecule has 0 saturated carbocycles. The molecule has 11 rings (SSSR count). The van der Waals surface area contributed by atoms with Gasteiger partial charge in [0.15, 0.2) is 0 Å². The number of hydrogen-bond acceptors (Lipinski definition) is 0. The molecule has 14 radical (unpaired) electrons. The van der Waals surface area contributed by atoms with Gasteiger partial charge in [-0.1, -0.05) is 155 Å². The maximum absolute atomic E-state index is 7.39. The molecule has 63 heavy (non-hydrogen) atoms. The fourth-order valence-corrected chi connectivity index (χ4v) is 9.42. The van der Waals surface area contributed by atoms with Gasteiger partial charge in [-0.15, -0.1) is 10.9 Å². The molecule has 0 spiro atoms. The minimum absolute atomic E-state index is 0.176. The molecule has 11 aromatic rings. The largest absolute Gasteiger partial charge is 0.311 e. The van der Waals surface area contributed by atoms with E-state index in [1.54, 1.807) is 0 Å². The highest BCUT2D eigenvalue weighted by molar-refractivity contribution is 6.69. The van der Waals surface area contributed by atoms with Crippen molar-refractivity contribution in [3.05, 3.63) is 176 Å². The van der Waals surface area contributed by atoms with Gasteiger partial charge in [-0.25, -0.2) is 0 Å². The highest BCUT2D eigenvalue weighted by Crippen LogP contribution is 2.38. The van der Waals surface area contributed by atoms with Crippen molar-refractivity contribution >= 4 is 137 Å². The topological polar surface area (TPSA) is 9.86 Å². The molecule has 2 aromatic heterocycles. The smallest absolute Gasteiger partial charge is 0.115 e. The zero-order chi connectivity index (χ0) is 43.1. The minimum atomic E-state index is 0.176. The predicted molar refractivity (Wildman–Crippen MR) is 275 cm³/mol. The Kier molecular flexibility index (Phi) is 9.35. The van der Waals surface area contributed by atoms with Gasteiger partial charge in [0.1, 0.15) is 54.9 Å². The van der Waals surface area contributed by atoms with Crippen molar-refractivity contribution in [3.63, 3.8) is 0 Å². The second-order valence-corrected chi connectivity index (χ2v) is 16.0. The Labute approximate surface area is 375 Å². The highest BCUT2D eigenvalue weighted by Gasteiger charge is 2.25. The van der Waals surface area contributed by atoms with Gasteiger partial charge < -0.3 is 9.13 Å². The van der Waals surface area contributed by atoms with Crippen LogP contribution in [-0.2, 0) is 0 Å². The third kappa shape index (κ3) is 6.12. The average molecular weight is 782 g/mol. The average Bonchev–Trinajstić information content (AvgIpc) is 3.87. The van der Waals surface area contributed by atoms with Gasteiger partial charge in [0.05, 0.1) is 11.0 Å². The summed E-state index contributed by atoms with van der Waals surface area (Å²) < 4.78 is 4.26. The Morgan fingerprint density at radius 2 is 0.698 bits per heavy atom. The summed E-state index contributed by atoms with van der Waals surface area (Å²) in [6.07, 6.45) is 0. The van der Waals surface area contributed by atoms with Crippen LogP contribution in [0.25, 0.3) is 99.5 Å². The van der Waals surface area contributed by atoms with Crippen LogP contribution in [0.1, 0.15) is 0 Å². The molecule has 0 aliphatic carbocycles. The van der Waals surface area contributed by atoms with Gasteiger partial charge in [0, 0.05) is 38.6 Å². The monoisotopic (exact) mass is 782 g/mol. The standard InChI is InChI=1S/C54H29B7N2/c55-46-43(47(56)51(60)53-44(46)45-48(57)49(58)50(59)52(61)54(45)63(53)37-23-19-33(20-24-37)30-11-4-1-5-12-30)36-22-26-42-40(29-36)39-28-35(32-15-8-3-9-16-32)21-25-41(39)62(42)38-18-10-17-34(27-38)31-13-6-2-7-14-31/h1-29H. The maximum Gasteiger partial charge on any atom is 0.115 e. The molecule has 0 amide bonds. The molecule has 0 saturated heterocycles. The fraction of sp³-hybridized carbons (Fsp3) is 0. The van der Waals surface area contributed by atoms with E-state index in [0.29, 0.717) is 43.8 Å². The van der Waals surface area contributed by atoms with Crippen molar-refractivity contribution in [3.8, 4) is 55.9 Å². The van der Waals surface area contributed by atoms with E-state index in [1.165, 1.54) is 0 Å². The van der Waals surface area contributed by atoms with Crippen LogP contribution in [0.5, 0.6) is 0 Å². The van der Waals surface area contributed by atoms with Crippen LogP contribution in [-0.4, -0.2) is 64.1 Å². The summed E-state index contributed by atoms with van der Waals surface area (Å²) in [6, 6.07) is 60.7. The number of aromatic nitrogens is 2. The van der Waals surface area contributed by atoms with E-state index in [-0.39, 0.29) is 21.9 Å². The van der Waals surface area contributed by atoms with Crippen LogP contribution in [0.3, 0.4) is 0 Å². The summed E-state index contributed by atoms with van der Waals surface area (Å²) >= 11 is 0. The van der Waals surface area contributed by atoms with Gasteiger partial charge in [0.25, 0.3) is 0 Å². The Morgan fingerprint density at radius 1 is 0.270 bits per heavy atom. The fourth-order valence-electron chi connectivity index (χ4n) is 9.42. The van der Waals surface area contributed by atoms with E-state index in [4.69, 9.17) is 54.9 Å². The molecule has 0 fully saturated rings. The molecule has 2 nitrogen and oxygen atoms in total. The first-order chi connectivity index (χ1) is 30.7. The second kappa shape index (κ2) is 15.1. The summed E-state index contributed by atoms with van der Waals surface area (Å²) in [4.78, 5) is 0. The van der Waals surface area contributed by atoms with Crippen molar-refractivity contribution in [2.24, 2.45) is 0 Å². The van der Waals surface area contributed by atoms with Gasteiger partial charge in [-0.3, -0.25) is 0 Å². The Bertz CT molecular complexity index is 3620. The van der Waals surface area contributed by atoms with Crippen molar-refractivity contribution in [2.45, 2.75) is 0 Å². The molecule has 0 unspecified atom stereocenters. The molecule has 0 aliphatic rings. The number of rotatable bonds is 6. The van der Waals surface area contributed by atoms with Crippen LogP contribution < -0.4 is 38.2 Å². The van der Waals surface area contributed by atoms with Crippen LogP contribution in [0.2, 0.25) is 0 Å². The number of benzene rings is 9. The molecule has 0 bridgehead atoms. The van der Waals surface area contributed by atoms with Gasteiger partial charge in [0.2, 0.25) is 0 Å². The van der Waals surface area contributed by atoms with E-state index >= 15 is 0 Å². The first kappa shape index (κ1) is 38.9. The molecule has 0 aliphatic heterocycles. The van der Waals surface area contributed by atoms with E-state index in [2.05, 4.69) is 126 Å². The van der Waals surface area contributed by atoms with Crippen LogP contribution >= 0.6 is 0 Å². The van der Waals surface area contributed by atoms with E-state index in [0.717, 1.165) is 72.1 Å². The maximum atomic E-state index is 7.39. The summed E-state index contributed by atoms with van der Waals surface area (Å²) in [5.41, 5.74) is 14.9. The van der Waals surface area contributed by atoms with Crippen molar-refractivity contribution in [2.75, 3.05) is 0 Å². The van der Waals surface area contributed by atoms with Crippen molar-refractivity contribution < 1.29 is 0 Å². The van der Waals surface area contributed by atoms with Gasteiger partial charge >= 0.3 is 0 Å². The number of fused-ring (bicyclic) bond motifs is 6. The second-order valence-electron chi connectivity index (χ2n) is 16.0. The van der Waals surface area contributed by atoms with E-state index < -0.39 is 0 Å². The van der Waals surface area contributed by atoms with Crippen molar-refractivity contribution in [1.29, 1.82) is 0 Å². The van der Waals surface area contributed by atoms with E-state index in [9.17, 15) is 0 Å². The highest BCUT2D eigenvalue weighted by atomic mass is 15.0.